The first-order chi connectivity index (χ1) is 8.78. The summed E-state index contributed by atoms with van der Waals surface area (Å²) < 4.78 is 5.49. The van der Waals surface area contributed by atoms with Crippen LogP contribution in [0.1, 0.15) is 63.5 Å². The van der Waals surface area contributed by atoms with Gasteiger partial charge in [-0.05, 0) is 32.1 Å². The van der Waals surface area contributed by atoms with Gasteiger partial charge in [0.05, 0.1) is 12.7 Å². The lowest BCUT2D eigenvalue weighted by atomic mass is 9.95. The molecule has 1 aromatic heterocycles. The van der Waals surface area contributed by atoms with Crippen molar-refractivity contribution >= 4 is 0 Å². The van der Waals surface area contributed by atoms with E-state index in [1.54, 1.807) is 6.20 Å². The molecule has 0 amide bonds. The fraction of sp³-hybridized carbons (Fsp3) is 0.800. The minimum atomic E-state index is 0.652. The number of nitrogens with one attached hydrogen (secondary N) is 1. The fourth-order valence-electron chi connectivity index (χ4n) is 2.99. The molecular weight excluding hydrogens is 224 g/mol. The Morgan fingerprint density at radius 3 is 2.94 bits per heavy atom. The van der Waals surface area contributed by atoms with Crippen LogP contribution in [-0.4, -0.2) is 11.0 Å². The Kier molecular flexibility index (Phi) is 5.24. The Morgan fingerprint density at radius 1 is 1.33 bits per heavy atom. The lowest BCUT2D eigenvalue weighted by molar-refractivity contribution is 0.388. The highest BCUT2D eigenvalue weighted by Gasteiger charge is 2.18. The summed E-state index contributed by atoms with van der Waals surface area (Å²) in [5.41, 5.74) is 0. The molecule has 0 aliphatic heterocycles. The summed E-state index contributed by atoms with van der Waals surface area (Å²) in [6.45, 7) is 5.01. The maximum Gasteiger partial charge on any atom is 0.208 e. The molecule has 1 saturated carbocycles. The summed E-state index contributed by atoms with van der Waals surface area (Å²) in [6.07, 6.45) is 11.3. The largest absolute Gasteiger partial charge is 0.445 e. The van der Waals surface area contributed by atoms with Gasteiger partial charge in [0.1, 0.15) is 5.76 Å². The number of oxazole rings is 1. The minimum absolute atomic E-state index is 0.652. The lowest BCUT2D eigenvalue weighted by Gasteiger charge is -2.15. The van der Waals surface area contributed by atoms with Gasteiger partial charge in [0.2, 0.25) is 5.89 Å². The van der Waals surface area contributed by atoms with Gasteiger partial charge < -0.3 is 9.73 Å². The van der Waals surface area contributed by atoms with Crippen molar-refractivity contribution in [3.63, 3.8) is 0 Å². The van der Waals surface area contributed by atoms with Crippen LogP contribution >= 0.6 is 0 Å². The second kappa shape index (κ2) is 6.93. The van der Waals surface area contributed by atoms with E-state index >= 15 is 0 Å². The van der Waals surface area contributed by atoms with Gasteiger partial charge in [-0.3, -0.25) is 0 Å². The molecule has 1 aliphatic rings. The summed E-state index contributed by atoms with van der Waals surface area (Å²) in [5.74, 6) is 2.68. The highest BCUT2D eigenvalue weighted by atomic mass is 16.4. The zero-order valence-corrected chi connectivity index (χ0v) is 11.7. The third-order valence-electron chi connectivity index (χ3n) is 4.00. The van der Waals surface area contributed by atoms with Gasteiger partial charge in [-0.15, -0.1) is 0 Å². The number of nitrogens with zero attached hydrogens (tertiary/aromatic N) is 1. The fourth-order valence-corrected chi connectivity index (χ4v) is 2.99. The van der Waals surface area contributed by atoms with Crippen LogP contribution < -0.4 is 5.32 Å². The normalized spacial score (nSPS) is 25.0. The predicted octanol–water partition coefficient (Wildman–Crippen LogP) is 3.82. The van der Waals surface area contributed by atoms with Crippen molar-refractivity contribution in [3.8, 4) is 0 Å². The number of hydrogen-bond acceptors (Lipinski definition) is 3. The van der Waals surface area contributed by atoms with Crippen LogP contribution in [0.4, 0.5) is 0 Å². The van der Waals surface area contributed by atoms with Crippen LogP contribution in [0.2, 0.25) is 0 Å². The molecule has 102 valence electrons. The molecule has 2 unspecified atom stereocenters. The molecule has 1 aromatic rings. The Hall–Kier alpha value is -0.830. The van der Waals surface area contributed by atoms with Crippen LogP contribution in [0.15, 0.2) is 10.6 Å². The quantitative estimate of drug-likeness (QED) is 0.807. The molecule has 2 rings (SSSR count). The second-order valence-electron chi connectivity index (χ2n) is 5.61. The zero-order valence-electron chi connectivity index (χ0n) is 11.7. The van der Waals surface area contributed by atoms with Gasteiger partial charge in [-0.1, -0.05) is 32.6 Å². The molecule has 2 atom stereocenters. The molecule has 18 heavy (non-hydrogen) atoms. The minimum Gasteiger partial charge on any atom is -0.445 e. The molecule has 1 aliphatic carbocycles. The van der Waals surface area contributed by atoms with Crippen LogP contribution in [0.5, 0.6) is 0 Å². The zero-order chi connectivity index (χ0) is 12.8. The van der Waals surface area contributed by atoms with Crippen LogP contribution in [0.25, 0.3) is 0 Å². The van der Waals surface area contributed by atoms with E-state index in [0.717, 1.165) is 24.1 Å². The van der Waals surface area contributed by atoms with Crippen molar-refractivity contribution in [2.45, 2.75) is 71.4 Å². The average Bonchev–Trinajstić information content (AvgIpc) is 2.64. The molecule has 0 aromatic carbocycles. The summed E-state index contributed by atoms with van der Waals surface area (Å²) >= 11 is 0. The van der Waals surface area contributed by atoms with Crippen molar-refractivity contribution in [2.75, 3.05) is 0 Å². The second-order valence-corrected chi connectivity index (χ2v) is 5.61. The van der Waals surface area contributed by atoms with E-state index in [4.69, 9.17) is 4.42 Å². The maximum absolute atomic E-state index is 5.49. The van der Waals surface area contributed by atoms with Gasteiger partial charge >= 0.3 is 0 Å². The van der Waals surface area contributed by atoms with E-state index in [1.807, 2.05) is 6.92 Å². The Morgan fingerprint density at radius 2 is 2.22 bits per heavy atom. The number of rotatable bonds is 5. The van der Waals surface area contributed by atoms with Crippen LogP contribution in [0.3, 0.4) is 0 Å². The molecule has 3 heteroatoms. The first-order valence-corrected chi connectivity index (χ1v) is 7.42. The lowest BCUT2D eigenvalue weighted by Crippen LogP contribution is -2.28. The van der Waals surface area contributed by atoms with E-state index in [0.29, 0.717) is 6.04 Å². The Balaban J connectivity index is 1.73. The van der Waals surface area contributed by atoms with Crippen molar-refractivity contribution in [3.05, 3.63) is 17.8 Å². The van der Waals surface area contributed by atoms with Gasteiger partial charge in [-0.25, -0.2) is 4.98 Å². The van der Waals surface area contributed by atoms with Gasteiger partial charge in [0, 0.05) is 6.04 Å². The summed E-state index contributed by atoms with van der Waals surface area (Å²) in [5, 5.41) is 3.60. The van der Waals surface area contributed by atoms with Gasteiger partial charge in [-0.2, -0.15) is 0 Å². The molecule has 3 nitrogen and oxygen atoms in total. The number of aromatic nitrogens is 1. The van der Waals surface area contributed by atoms with E-state index in [-0.39, 0.29) is 0 Å². The number of hydrogen-bond donors (Lipinski definition) is 1. The van der Waals surface area contributed by atoms with Gasteiger partial charge in [0.15, 0.2) is 0 Å². The van der Waals surface area contributed by atoms with Crippen molar-refractivity contribution in [1.29, 1.82) is 0 Å². The van der Waals surface area contributed by atoms with Crippen molar-refractivity contribution in [1.82, 2.24) is 10.3 Å². The number of aryl methyl sites for hydroxylation is 1. The predicted molar refractivity (Wildman–Crippen MR) is 73.4 cm³/mol. The summed E-state index contributed by atoms with van der Waals surface area (Å²) in [4.78, 5) is 4.24. The first kappa shape index (κ1) is 13.6. The smallest absolute Gasteiger partial charge is 0.208 e. The van der Waals surface area contributed by atoms with Crippen LogP contribution in [-0.2, 0) is 6.54 Å². The Labute approximate surface area is 110 Å². The monoisotopic (exact) mass is 250 g/mol. The molecule has 0 radical (unpaired) electrons. The molecule has 0 spiro atoms. The van der Waals surface area contributed by atoms with E-state index in [2.05, 4.69) is 17.2 Å². The van der Waals surface area contributed by atoms with Gasteiger partial charge in [0.25, 0.3) is 0 Å². The summed E-state index contributed by atoms with van der Waals surface area (Å²) in [6, 6.07) is 0.652. The molecule has 0 bridgehead atoms. The van der Waals surface area contributed by atoms with E-state index < -0.39 is 0 Å². The maximum atomic E-state index is 5.49. The Bertz CT molecular complexity index is 348. The third kappa shape index (κ3) is 4.13. The van der Waals surface area contributed by atoms with Crippen molar-refractivity contribution < 1.29 is 4.42 Å². The molecule has 0 saturated heterocycles. The van der Waals surface area contributed by atoms with Crippen LogP contribution in [0, 0.1) is 12.8 Å². The third-order valence-corrected chi connectivity index (χ3v) is 4.00. The average molecular weight is 250 g/mol. The summed E-state index contributed by atoms with van der Waals surface area (Å²) in [7, 11) is 0. The van der Waals surface area contributed by atoms with E-state index in [9.17, 15) is 0 Å². The molecular formula is C15H26N2O. The van der Waals surface area contributed by atoms with E-state index in [1.165, 1.54) is 44.9 Å². The standard InChI is InChI=1S/C15H26N2O/c1-3-5-13-6-4-7-14(9-8-13)16-11-15-17-10-12(2)18-15/h10,13-14,16H,3-9,11H2,1-2H3. The molecule has 1 N–H and O–H groups in total. The topological polar surface area (TPSA) is 38.1 Å². The molecule has 1 heterocycles. The van der Waals surface area contributed by atoms with Crippen molar-refractivity contribution in [2.24, 2.45) is 5.92 Å². The first-order valence-electron chi connectivity index (χ1n) is 7.42. The highest BCUT2D eigenvalue weighted by molar-refractivity contribution is 4.90. The SMILES string of the molecule is CCCC1CCCC(NCc2ncc(C)o2)CC1. The molecule has 1 fully saturated rings. The highest BCUT2D eigenvalue weighted by Crippen LogP contribution is 2.26.